The van der Waals surface area contributed by atoms with Crippen LogP contribution in [0.25, 0.3) is 5.52 Å². The van der Waals surface area contributed by atoms with Crippen LogP contribution in [0.3, 0.4) is 0 Å². The van der Waals surface area contributed by atoms with Crippen LogP contribution in [0.1, 0.15) is 12.1 Å². The SMILES string of the molecule is COc1cc(OC)cc(N2CCC(Nc3nccn4nc(C)cc34)C2=O)c1. The third kappa shape index (κ3) is 3.14. The summed E-state index contributed by atoms with van der Waals surface area (Å²) < 4.78 is 12.4. The van der Waals surface area contributed by atoms with Gasteiger partial charge in [-0.2, -0.15) is 5.10 Å². The van der Waals surface area contributed by atoms with Gasteiger partial charge in [-0.25, -0.2) is 9.50 Å². The van der Waals surface area contributed by atoms with Gasteiger partial charge in [-0.15, -0.1) is 0 Å². The van der Waals surface area contributed by atoms with Crippen LogP contribution in [0.5, 0.6) is 11.5 Å². The lowest BCUT2D eigenvalue weighted by molar-refractivity contribution is -0.117. The molecule has 0 bridgehead atoms. The van der Waals surface area contributed by atoms with Crippen molar-refractivity contribution in [2.45, 2.75) is 19.4 Å². The number of hydrogen-bond acceptors (Lipinski definition) is 6. The number of methoxy groups -OCH3 is 2. The maximum Gasteiger partial charge on any atom is 0.249 e. The minimum Gasteiger partial charge on any atom is -0.497 e. The summed E-state index contributed by atoms with van der Waals surface area (Å²) in [7, 11) is 3.18. The second-order valence-corrected chi connectivity index (χ2v) is 6.44. The van der Waals surface area contributed by atoms with Crippen molar-refractivity contribution in [3.63, 3.8) is 0 Å². The Kier molecular flexibility index (Phi) is 4.31. The van der Waals surface area contributed by atoms with Gasteiger partial charge in [0.15, 0.2) is 5.82 Å². The van der Waals surface area contributed by atoms with Gasteiger partial charge >= 0.3 is 0 Å². The number of ether oxygens (including phenoxy) is 2. The summed E-state index contributed by atoms with van der Waals surface area (Å²) >= 11 is 0. The van der Waals surface area contributed by atoms with E-state index in [0.717, 1.165) is 16.9 Å². The Balaban J connectivity index is 1.58. The molecule has 0 spiro atoms. The fourth-order valence-corrected chi connectivity index (χ4v) is 3.34. The first kappa shape index (κ1) is 17.1. The number of rotatable bonds is 5. The van der Waals surface area contributed by atoms with Crippen LogP contribution >= 0.6 is 0 Å². The normalized spacial score (nSPS) is 16.8. The third-order valence-corrected chi connectivity index (χ3v) is 4.68. The summed E-state index contributed by atoms with van der Waals surface area (Å²) in [6.07, 6.45) is 4.14. The number of nitrogens with one attached hydrogen (secondary N) is 1. The van der Waals surface area contributed by atoms with Gasteiger partial charge < -0.3 is 19.7 Å². The first-order valence-corrected chi connectivity index (χ1v) is 8.71. The summed E-state index contributed by atoms with van der Waals surface area (Å²) in [5, 5.41) is 7.66. The minimum atomic E-state index is -0.351. The van der Waals surface area contributed by atoms with Crippen molar-refractivity contribution in [1.29, 1.82) is 0 Å². The minimum absolute atomic E-state index is 0.00894. The van der Waals surface area contributed by atoms with E-state index < -0.39 is 0 Å². The molecule has 3 heterocycles. The van der Waals surface area contributed by atoms with Gasteiger partial charge in [0.1, 0.15) is 23.1 Å². The number of hydrogen-bond donors (Lipinski definition) is 1. The number of anilines is 2. The molecule has 140 valence electrons. The fourth-order valence-electron chi connectivity index (χ4n) is 3.34. The monoisotopic (exact) mass is 367 g/mol. The number of aryl methyl sites for hydroxylation is 1. The number of nitrogens with zero attached hydrogens (tertiary/aromatic N) is 4. The highest BCUT2D eigenvalue weighted by molar-refractivity contribution is 6.01. The molecule has 1 N–H and O–H groups in total. The predicted octanol–water partition coefficient (Wildman–Crippen LogP) is 2.27. The molecule has 1 unspecified atom stereocenters. The molecule has 2 aromatic heterocycles. The van der Waals surface area contributed by atoms with E-state index in [9.17, 15) is 4.79 Å². The molecular formula is C19H21N5O3. The molecular weight excluding hydrogens is 346 g/mol. The molecule has 1 fully saturated rings. The molecule has 3 aromatic rings. The van der Waals surface area contributed by atoms with Crippen LogP contribution < -0.4 is 19.7 Å². The summed E-state index contributed by atoms with van der Waals surface area (Å²) in [6.45, 7) is 2.53. The molecule has 4 rings (SSSR count). The summed E-state index contributed by atoms with van der Waals surface area (Å²) in [4.78, 5) is 19.1. The average molecular weight is 367 g/mol. The topological polar surface area (TPSA) is 81.0 Å². The molecule has 8 heteroatoms. The van der Waals surface area contributed by atoms with Crippen LogP contribution in [0.2, 0.25) is 0 Å². The van der Waals surface area contributed by atoms with Crippen molar-refractivity contribution >= 4 is 22.9 Å². The molecule has 0 radical (unpaired) electrons. The highest BCUT2D eigenvalue weighted by atomic mass is 16.5. The van der Waals surface area contributed by atoms with E-state index in [1.54, 1.807) is 42.1 Å². The van der Waals surface area contributed by atoms with Crippen molar-refractivity contribution in [3.05, 3.63) is 42.4 Å². The predicted molar refractivity (Wildman–Crippen MR) is 102 cm³/mol. The summed E-state index contributed by atoms with van der Waals surface area (Å²) in [5.41, 5.74) is 2.50. The van der Waals surface area contributed by atoms with Crippen LogP contribution in [-0.2, 0) is 4.79 Å². The van der Waals surface area contributed by atoms with Gasteiger partial charge in [0, 0.05) is 37.1 Å². The fraction of sp³-hybridized carbons (Fsp3) is 0.316. The van der Waals surface area contributed by atoms with E-state index in [-0.39, 0.29) is 11.9 Å². The van der Waals surface area contributed by atoms with E-state index >= 15 is 0 Å². The van der Waals surface area contributed by atoms with Crippen LogP contribution in [0.15, 0.2) is 36.7 Å². The molecule has 1 saturated heterocycles. The van der Waals surface area contributed by atoms with Crippen molar-refractivity contribution in [3.8, 4) is 11.5 Å². The van der Waals surface area contributed by atoms with Crippen LogP contribution in [0, 0.1) is 6.92 Å². The van der Waals surface area contributed by atoms with E-state index in [2.05, 4.69) is 15.4 Å². The smallest absolute Gasteiger partial charge is 0.249 e. The number of carbonyl (C=O) groups is 1. The van der Waals surface area contributed by atoms with E-state index in [1.165, 1.54) is 0 Å². The number of amides is 1. The Morgan fingerprint density at radius 1 is 1.15 bits per heavy atom. The van der Waals surface area contributed by atoms with Gasteiger partial charge in [0.25, 0.3) is 0 Å². The van der Waals surface area contributed by atoms with Crippen LogP contribution in [-0.4, -0.2) is 47.3 Å². The number of fused-ring (bicyclic) bond motifs is 1. The van der Waals surface area contributed by atoms with Crippen LogP contribution in [0.4, 0.5) is 11.5 Å². The highest BCUT2D eigenvalue weighted by Crippen LogP contribution is 2.31. The lowest BCUT2D eigenvalue weighted by Gasteiger charge is -2.19. The zero-order valence-electron chi connectivity index (χ0n) is 15.5. The molecule has 1 amide bonds. The van der Waals surface area contributed by atoms with Gasteiger partial charge in [0.2, 0.25) is 5.91 Å². The first-order chi connectivity index (χ1) is 13.1. The molecule has 0 saturated carbocycles. The number of aromatic nitrogens is 3. The highest BCUT2D eigenvalue weighted by Gasteiger charge is 2.33. The van der Waals surface area contributed by atoms with E-state index in [0.29, 0.717) is 30.3 Å². The van der Waals surface area contributed by atoms with E-state index in [4.69, 9.17) is 9.47 Å². The summed E-state index contributed by atoms with van der Waals surface area (Å²) in [5.74, 6) is 1.94. The number of carbonyl (C=O) groups excluding carboxylic acids is 1. The molecule has 1 atom stereocenters. The lowest BCUT2D eigenvalue weighted by Crippen LogP contribution is -2.33. The number of benzene rings is 1. The van der Waals surface area contributed by atoms with Gasteiger partial charge in [0.05, 0.1) is 25.6 Å². The Morgan fingerprint density at radius 2 is 1.89 bits per heavy atom. The Labute approximate surface area is 156 Å². The zero-order valence-corrected chi connectivity index (χ0v) is 15.5. The zero-order chi connectivity index (χ0) is 19.0. The Bertz CT molecular complexity index is 978. The average Bonchev–Trinajstić information content (AvgIpc) is 3.24. The van der Waals surface area contributed by atoms with Crippen molar-refractivity contribution in [2.24, 2.45) is 0 Å². The third-order valence-electron chi connectivity index (χ3n) is 4.68. The lowest BCUT2D eigenvalue weighted by atomic mass is 10.2. The molecule has 0 aliphatic carbocycles. The second kappa shape index (κ2) is 6.79. The Morgan fingerprint density at radius 3 is 2.59 bits per heavy atom. The van der Waals surface area contributed by atoms with Crippen molar-refractivity contribution < 1.29 is 14.3 Å². The largest absolute Gasteiger partial charge is 0.497 e. The maximum atomic E-state index is 13.0. The van der Waals surface area contributed by atoms with Crippen molar-refractivity contribution in [1.82, 2.24) is 14.6 Å². The van der Waals surface area contributed by atoms with Gasteiger partial charge in [-0.3, -0.25) is 4.79 Å². The molecule has 1 aliphatic rings. The quantitative estimate of drug-likeness (QED) is 0.745. The standard InChI is InChI=1S/C19H21N5O3/c1-12-8-17-18(20-5-7-24(17)22-12)21-16-4-6-23(19(16)25)13-9-14(26-2)11-15(10-13)27-3/h5,7-11,16H,4,6H2,1-3H3,(H,20,21). The molecule has 1 aliphatic heterocycles. The van der Waals surface area contributed by atoms with Gasteiger partial charge in [-0.1, -0.05) is 0 Å². The molecule has 1 aromatic carbocycles. The maximum absolute atomic E-state index is 13.0. The van der Waals surface area contributed by atoms with Crippen molar-refractivity contribution in [2.75, 3.05) is 31.0 Å². The summed E-state index contributed by atoms with van der Waals surface area (Å²) in [6, 6.07) is 7.05. The first-order valence-electron chi connectivity index (χ1n) is 8.71. The second-order valence-electron chi connectivity index (χ2n) is 6.44. The van der Waals surface area contributed by atoms with E-state index in [1.807, 2.05) is 25.1 Å². The molecule has 27 heavy (non-hydrogen) atoms. The molecule has 8 nitrogen and oxygen atoms in total. The Hall–Kier alpha value is -3.29. The van der Waals surface area contributed by atoms with Gasteiger partial charge in [-0.05, 0) is 19.4 Å².